The van der Waals surface area contributed by atoms with Crippen LogP contribution in [0.25, 0.3) is 10.7 Å². The molecule has 0 saturated heterocycles. The van der Waals surface area contributed by atoms with Crippen LogP contribution in [0.4, 0.5) is 10.1 Å². The maximum atomic E-state index is 13.4. The molecule has 0 saturated carbocycles. The summed E-state index contributed by atoms with van der Waals surface area (Å²) in [5.74, 6) is 1.56. The second kappa shape index (κ2) is 8.07. The number of amides is 1. The van der Waals surface area contributed by atoms with Crippen molar-refractivity contribution in [2.24, 2.45) is 0 Å². The third kappa shape index (κ3) is 4.42. The molecule has 0 unspecified atom stereocenters. The first kappa shape index (κ1) is 16.7. The normalized spacial score (nSPS) is 10.7. The lowest BCUT2D eigenvalue weighted by Crippen LogP contribution is -2.13. The van der Waals surface area contributed by atoms with E-state index in [4.69, 9.17) is 4.52 Å². The number of rotatable bonds is 7. The predicted octanol–water partition coefficient (Wildman–Crippen LogP) is 4.20. The van der Waals surface area contributed by atoms with E-state index in [9.17, 15) is 9.18 Å². The first-order chi connectivity index (χ1) is 11.7. The highest BCUT2D eigenvalue weighted by molar-refractivity contribution is 7.98. The number of anilines is 1. The zero-order valence-electron chi connectivity index (χ0n) is 12.6. The number of thioether (sulfide) groups is 1. The van der Waals surface area contributed by atoms with Gasteiger partial charge in [0.15, 0.2) is 0 Å². The topological polar surface area (TPSA) is 68.0 Å². The molecule has 0 atom stereocenters. The molecule has 1 N–H and O–H groups in total. The SMILES string of the molecule is O=C(CCSCc1nc(-c2cccs2)no1)Nc1ccccc1F. The van der Waals surface area contributed by atoms with Gasteiger partial charge in [-0.15, -0.1) is 11.3 Å². The Morgan fingerprint density at radius 1 is 1.29 bits per heavy atom. The van der Waals surface area contributed by atoms with Gasteiger partial charge in [0, 0.05) is 12.2 Å². The smallest absolute Gasteiger partial charge is 0.236 e. The molecule has 124 valence electrons. The van der Waals surface area contributed by atoms with Gasteiger partial charge in [0.05, 0.1) is 16.3 Å². The molecular formula is C16H14FN3O2S2. The number of hydrogen-bond acceptors (Lipinski definition) is 6. The fourth-order valence-electron chi connectivity index (χ4n) is 1.92. The zero-order valence-corrected chi connectivity index (χ0v) is 14.2. The Morgan fingerprint density at radius 3 is 2.96 bits per heavy atom. The molecule has 0 bridgehead atoms. The second-order valence-electron chi connectivity index (χ2n) is 4.82. The van der Waals surface area contributed by atoms with Crippen LogP contribution >= 0.6 is 23.1 Å². The molecule has 0 radical (unpaired) electrons. The Hall–Kier alpha value is -2.19. The summed E-state index contributed by atoms with van der Waals surface area (Å²) in [4.78, 5) is 17.1. The van der Waals surface area contributed by atoms with Gasteiger partial charge in [-0.25, -0.2) is 4.39 Å². The van der Waals surface area contributed by atoms with Crippen molar-refractivity contribution in [3.8, 4) is 10.7 Å². The molecule has 8 heteroatoms. The summed E-state index contributed by atoms with van der Waals surface area (Å²) < 4.78 is 18.6. The largest absolute Gasteiger partial charge is 0.338 e. The fraction of sp³-hybridized carbons (Fsp3) is 0.188. The minimum absolute atomic E-state index is 0.199. The number of para-hydroxylation sites is 1. The van der Waals surface area contributed by atoms with E-state index in [0.717, 1.165) is 4.88 Å². The average Bonchev–Trinajstić information content (AvgIpc) is 3.25. The van der Waals surface area contributed by atoms with Crippen LogP contribution in [0.5, 0.6) is 0 Å². The molecule has 2 aromatic heterocycles. The van der Waals surface area contributed by atoms with Crippen molar-refractivity contribution < 1.29 is 13.7 Å². The highest BCUT2D eigenvalue weighted by Gasteiger charge is 2.10. The van der Waals surface area contributed by atoms with Crippen LogP contribution < -0.4 is 5.32 Å². The van der Waals surface area contributed by atoms with Crippen molar-refractivity contribution in [3.63, 3.8) is 0 Å². The van der Waals surface area contributed by atoms with Gasteiger partial charge < -0.3 is 9.84 Å². The van der Waals surface area contributed by atoms with Crippen molar-refractivity contribution in [2.45, 2.75) is 12.2 Å². The highest BCUT2D eigenvalue weighted by Crippen LogP contribution is 2.22. The van der Waals surface area contributed by atoms with Gasteiger partial charge >= 0.3 is 0 Å². The van der Waals surface area contributed by atoms with Crippen LogP contribution in [0.3, 0.4) is 0 Å². The molecule has 1 amide bonds. The molecule has 0 spiro atoms. The molecule has 1 aromatic carbocycles. The number of benzene rings is 1. The third-order valence-electron chi connectivity index (χ3n) is 3.06. The second-order valence-corrected chi connectivity index (χ2v) is 6.87. The molecule has 0 aliphatic rings. The van der Waals surface area contributed by atoms with Gasteiger partial charge in [-0.2, -0.15) is 16.7 Å². The molecule has 0 aliphatic carbocycles. The summed E-state index contributed by atoms with van der Waals surface area (Å²) in [5.41, 5.74) is 0.199. The van der Waals surface area contributed by atoms with E-state index in [1.165, 1.54) is 23.9 Å². The molecule has 24 heavy (non-hydrogen) atoms. The van der Waals surface area contributed by atoms with E-state index in [2.05, 4.69) is 15.5 Å². The van der Waals surface area contributed by atoms with Crippen LogP contribution in [0.1, 0.15) is 12.3 Å². The summed E-state index contributed by atoms with van der Waals surface area (Å²) in [7, 11) is 0. The molecule has 3 aromatic rings. The van der Waals surface area contributed by atoms with Crippen molar-refractivity contribution >= 4 is 34.7 Å². The Balaban J connectivity index is 1.41. The molecule has 3 rings (SSSR count). The Morgan fingerprint density at radius 2 is 2.17 bits per heavy atom. The van der Waals surface area contributed by atoms with E-state index in [-0.39, 0.29) is 18.0 Å². The minimum atomic E-state index is -0.439. The van der Waals surface area contributed by atoms with Crippen LogP contribution in [0, 0.1) is 5.82 Å². The molecular weight excluding hydrogens is 349 g/mol. The van der Waals surface area contributed by atoms with E-state index in [1.807, 2.05) is 17.5 Å². The lowest BCUT2D eigenvalue weighted by molar-refractivity contribution is -0.115. The van der Waals surface area contributed by atoms with Gasteiger partial charge in [0.2, 0.25) is 17.6 Å². The van der Waals surface area contributed by atoms with Crippen LogP contribution in [0.15, 0.2) is 46.3 Å². The summed E-state index contributed by atoms with van der Waals surface area (Å²) in [6.45, 7) is 0. The quantitative estimate of drug-likeness (QED) is 0.637. The Kier molecular flexibility index (Phi) is 5.60. The maximum absolute atomic E-state index is 13.4. The van der Waals surface area contributed by atoms with E-state index >= 15 is 0 Å². The van der Waals surface area contributed by atoms with E-state index < -0.39 is 5.82 Å². The first-order valence-corrected chi connectivity index (χ1v) is 9.24. The molecule has 0 fully saturated rings. The van der Waals surface area contributed by atoms with Gasteiger partial charge in [0.1, 0.15) is 5.82 Å². The van der Waals surface area contributed by atoms with E-state index in [0.29, 0.717) is 23.2 Å². The Bertz CT molecular complexity index is 805. The van der Waals surface area contributed by atoms with Gasteiger partial charge in [-0.1, -0.05) is 23.4 Å². The van der Waals surface area contributed by atoms with Crippen molar-refractivity contribution in [2.75, 3.05) is 11.1 Å². The van der Waals surface area contributed by atoms with Gasteiger partial charge in [-0.3, -0.25) is 4.79 Å². The van der Waals surface area contributed by atoms with Crippen LogP contribution in [-0.4, -0.2) is 21.8 Å². The predicted molar refractivity (Wildman–Crippen MR) is 93.4 cm³/mol. The number of carbonyl (C=O) groups is 1. The number of nitrogens with one attached hydrogen (secondary N) is 1. The van der Waals surface area contributed by atoms with Crippen LogP contribution in [-0.2, 0) is 10.5 Å². The minimum Gasteiger partial charge on any atom is -0.338 e. The maximum Gasteiger partial charge on any atom is 0.236 e. The number of halogens is 1. The third-order valence-corrected chi connectivity index (χ3v) is 4.87. The highest BCUT2D eigenvalue weighted by atomic mass is 32.2. The Labute approximate surface area is 146 Å². The number of thiophene rings is 1. The standard InChI is InChI=1S/C16H14FN3O2S2/c17-11-4-1-2-5-12(11)18-14(21)7-9-23-10-15-19-16(20-22-15)13-6-3-8-24-13/h1-6,8H,7,9-10H2,(H,18,21). The van der Waals surface area contributed by atoms with E-state index in [1.54, 1.807) is 23.5 Å². The lowest BCUT2D eigenvalue weighted by atomic mass is 10.3. The summed E-state index contributed by atoms with van der Waals surface area (Å²) in [6.07, 6.45) is 0.283. The van der Waals surface area contributed by atoms with Crippen molar-refractivity contribution in [1.29, 1.82) is 0 Å². The average molecular weight is 363 g/mol. The number of carbonyl (C=O) groups excluding carboxylic acids is 1. The summed E-state index contributed by atoms with van der Waals surface area (Å²) >= 11 is 3.06. The van der Waals surface area contributed by atoms with Crippen molar-refractivity contribution in [1.82, 2.24) is 10.1 Å². The monoisotopic (exact) mass is 363 g/mol. The lowest BCUT2D eigenvalue weighted by Gasteiger charge is -2.05. The number of hydrogen-bond donors (Lipinski definition) is 1. The first-order valence-electron chi connectivity index (χ1n) is 7.21. The van der Waals surface area contributed by atoms with Crippen LogP contribution in [0.2, 0.25) is 0 Å². The van der Waals surface area contributed by atoms with Crippen molar-refractivity contribution in [3.05, 3.63) is 53.5 Å². The summed E-state index contributed by atoms with van der Waals surface area (Å²) in [6, 6.07) is 9.96. The fourth-order valence-corrected chi connectivity index (χ4v) is 3.33. The van der Waals surface area contributed by atoms with Gasteiger partial charge in [-0.05, 0) is 23.6 Å². The summed E-state index contributed by atoms with van der Waals surface area (Å²) in [5, 5.41) is 8.43. The molecule has 0 aliphatic heterocycles. The zero-order chi connectivity index (χ0) is 16.8. The van der Waals surface area contributed by atoms with Gasteiger partial charge in [0.25, 0.3) is 0 Å². The number of aromatic nitrogens is 2. The number of nitrogens with zero attached hydrogens (tertiary/aromatic N) is 2. The molecule has 2 heterocycles. The molecule has 5 nitrogen and oxygen atoms in total.